The van der Waals surface area contributed by atoms with Crippen LogP contribution in [0, 0.1) is 12.7 Å². The summed E-state index contributed by atoms with van der Waals surface area (Å²) in [5, 5.41) is 7.06. The van der Waals surface area contributed by atoms with Crippen molar-refractivity contribution in [2.24, 2.45) is 7.05 Å². The van der Waals surface area contributed by atoms with Crippen LogP contribution in [-0.2, 0) is 7.05 Å². The summed E-state index contributed by atoms with van der Waals surface area (Å²) >= 11 is 0. The molecule has 1 heterocycles. The molecule has 0 unspecified atom stereocenters. The van der Waals surface area contributed by atoms with Gasteiger partial charge in [-0.25, -0.2) is 4.39 Å². The molecular weight excluding hydrogens is 349 g/mol. The van der Waals surface area contributed by atoms with E-state index in [1.165, 1.54) is 13.2 Å². The van der Waals surface area contributed by atoms with E-state index in [0.717, 1.165) is 5.56 Å². The van der Waals surface area contributed by atoms with Crippen molar-refractivity contribution in [3.8, 4) is 22.8 Å². The molecule has 0 aliphatic carbocycles. The number of aromatic nitrogens is 2. The minimum Gasteiger partial charge on any atom is -0.497 e. The zero-order valence-electron chi connectivity index (χ0n) is 15.5. The molecule has 1 amide bonds. The molecule has 0 spiro atoms. The molecule has 1 N–H and O–H groups in total. The number of nitrogens with zero attached hydrogens (tertiary/aromatic N) is 2. The minimum atomic E-state index is -0.376. The van der Waals surface area contributed by atoms with Crippen LogP contribution in [0.2, 0.25) is 0 Å². The van der Waals surface area contributed by atoms with E-state index in [-0.39, 0.29) is 17.4 Å². The van der Waals surface area contributed by atoms with Crippen molar-refractivity contribution in [2.45, 2.75) is 6.92 Å². The van der Waals surface area contributed by atoms with Gasteiger partial charge in [0.25, 0.3) is 5.91 Å². The Morgan fingerprint density at radius 2 is 1.89 bits per heavy atom. The van der Waals surface area contributed by atoms with Gasteiger partial charge in [0.2, 0.25) is 0 Å². The number of halogens is 1. The number of carbonyl (C=O) groups is 1. The van der Waals surface area contributed by atoms with Gasteiger partial charge in [0, 0.05) is 18.7 Å². The lowest BCUT2D eigenvalue weighted by Crippen LogP contribution is -2.13. The van der Waals surface area contributed by atoms with Gasteiger partial charge in [0.05, 0.1) is 25.6 Å². The van der Waals surface area contributed by atoms with Crippen LogP contribution in [0.25, 0.3) is 11.3 Å². The maximum Gasteiger partial charge on any atom is 0.276 e. The van der Waals surface area contributed by atoms with Crippen molar-refractivity contribution >= 4 is 11.6 Å². The third kappa shape index (κ3) is 3.76. The van der Waals surface area contributed by atoms with Crippen LogP contribution in [-0.4, -0.2) is 29.9 Å². The summed E-state index contributed by atoms with van der Waals surface area (Å²) < 4.78 is 25.5. The fourth-order valence-electron chi connectivity index (χ4n) is 2.74. The Kier molecular flexibility index (Phi) is 5.12. The largest absolute Gasteiger partial charge is 0.497 e. The predicted molar refractivity (Wildman–Crippen MR) is 101 cm³/mol. The van der Waals surface area contributed by atoms with E-state index in [0.29, 0.717) is 28.4 Å². The van der Waals surface area contributed by atoms with Crippen LogP contribution in [0.1, 0.15) is 16.1 Å². The van der Waals surface area contributed by atoms with Crippen LogP contribution >= 0.6 is 0 Å². The Labute approximate surface area is 156 Å². The summed E-state index contributed by atoms with van der Waals surface area (Å²) in [7, 11) is 4.80. The van der Waals surface area contributed by atoms with E-state index in [2.05, 4.69) is 10.4 Å². The second-order valence-electron chi connectivity index (χ2n) is 6.02. The SMILES string of the molecule is COc1ccc(NC(=O)c2cc(-c3ccc(F)c(C)c3)n(C)n2)c(OC)c1. The molecule has 6 nitrogen and oxygen atoms in total. The molecule has 3 rings (SSSR count). The van der Waals surface area contributed by atoms with E-state index in [1.54, 1.807) is 62.2 Å². The Morgan fingerprint density at radius 1 is 1.11 bits per heavy atom. The number of hydrogen-bond donors (Lipinski definition) is 1. The molecule has 0 radical (unpaired) electrons. The predicted octanol–water partition coefficient (Wildman–Crippen LogP) is 3.80. The van der Waals surface area contributed by atoms with E-state index in [4.69, 9.17) is 9.47 Å². The highest BCUT2D eigenvalue weighted by Gasteiger charge is 2.16. The summed E-state index contributed by atoms with van der Waals surface area (Å²) in [5.41, 5.74) is 2.78. The molecule has 27 heavy (non-hydrogen) atoms. The number of ether oxygens (including phenoxy) is 2. The smallest absolute Gasteiger partial charge is 0.276 e. The molecule has 0 aliphatic heterocycles. The highest BCUT2D eigenvalue weighted by Crippen LogP contribution is 2.29. The van der Waals surface area contributed by atoms with Crippen LogP contribution in [0.15, 0.2) is 42.5 Å². The number of rotatable bonds is 5. The number of methoxy groups -OCH3 is 2. The first-order chi connectivity index (χ1) is 12.9. The number of carbonyl (C=O) groups excluding carboxylic acids is 1. The van der Waals surface area contributed by atoms with Gasteiger partial charge in [-0.15, -0.1) is 0 Å². The number of anilines is 1. The lowest BCUT2D eigenvalue weighted by atomic mass is 10.1. The number of amides is 1. The number of aryl methyl sites for hydroxylation is 2. The average Bonchev–Trinajstić information content (AvgIpc) is 3.06. The van der Waals surface area contributed by atoms with Crippen LogP contribution < -0.4 is 14.8 Å². The first-order valence-electron chi connectivity index (χ1n) is 8.27. The Bertz CT molecular complexity index is 998. The van der Waals surface area contributed by atoms with Crippen LogP contribution in [0.5, 0.6) is 11.5 Å². The van der Waals surface area contributed by atoms with Crippen molar-refractivity contribution in [1.29, 1.82) is 0 Å². The number of hydrogen-bond acceptors (Lipinski definition) is 4. The molecule has 0 bridgehead atoms. The van der Waals surface area contributed by atoms with Crippen molar-refractivity contribution < 1.29 is 18.7 Å². The Hall–Kier alpha value is -3.35. The normalized spacial score (nSPS) is 10.6. The van der Waals surface area contributed by atoms with E-state index in [1.807, 2.05) is 0 Å². The summed E-state index contributed by atoms with van der Waals surface area (Å²) in [6, 6.07) is 11.6. The number of benzene rings is 2. The maximum atomic E-state index is 13.5. The second kappa shape index (κ2) is 7.49. The first-order valence-corrected chi connectivity index (χ1v) is 8.27. The van der Waals surface area contributed by atoms with Crippen molar-refractivity contribution in [3.63, 3.8) is 0 Å². The molecule has 140 valence electrons. The van der Waals surface area contributed by atoms with Gasteiger partial charge < -0.3 is 14.8 Å². The van der Waals surface area contributed by atoms with E-state index in [9.17, 15) is 9.18 Å². The number of nitrogens with one attached hydrogen (secondary N) is 1. The molecular formula is C20H20FN3O3. The first kappa shape index (κ1) is 18.4. The third-order valence-corrected chi connectivity index (χ3v) is 4.22. The molecule has 2 aromatic carbocycles. The summed E-state index contributed by atoms with van der Waals surface area (Å²) in [5.74, 6) is 0.453. The van der Waals surface area contributed by atoms with E-state index >= 15 is 0 Å². The summed E-state index contributed by atoms with van der Waals surface area (Å²) in [6.07, 6.45) is 0. The monoisotopic (exact) mass is 369 g/mol. The van der Waals surface area contributed by atoms with Gasteiger partial charge in [-0.1, -0.05) is 0 Å². The molecule has 1 aromatic heterocycles. The van der Waals surface area contributed by atoms with E-state index < -0.39 is 0 Å². The molecule has 0 saturated heterocycles. The zero-order chi connectivity index (χ0) is 19.6. The van der Waals surface area contributed by atoms with Gasteiger partial charge in [0.15, 0.2) is 5.69 Å². The maximum absolute atomic E-state index is 13.5. The summed E-state index contributed by atoms with van der Waals surface area (Å²) in [4.78, 5) is 12.6. The molecule has 7 heteroatoms. The third-order valence-electron chi connectivity index (χ3n) is 4.22. The summed E-state index contributed by atoms with van der Waals surface area (Å²) in [6.45, 7) is 1.69. The molecule has 0 saturated carbocycles. The van der Waals surface area contributed by atoms with Gasteiger partial charge >= 0.3 is 0 Å². The quantitative estimate of drug-likeness (QED) is 0.743. The average molecular weight is 369 g/mol. The Balaban J connectivity index is 1.87. The lowest BCUT2D eigenvalue weighted by Gasteiger charge is -2.10. The fourth-order valence-corrected chi connectivity index (χ4v) is 2.74. The lowest BCUT2D eigenvalue weighted by molar-refractivity contribution is 0.102. The highest BCUT2D eigenvalue weighted by molar-refractivity contribution is 6.04. The van der Waals surface area contributed by atoms with Crippen LogP contribution in [0.4, 0.5) is 10.1 Å². The molecule has 0 fully saturated rings. The van der Waals surface area contributed by atoms with Crippen molar-refractivity contribution in [1.82, 2.24) is 9.78 Å². The molecule has 0 aliphatic rings. The highest BCUT2D eigenvalue weighted by atomic mass is 19.1. The van der Waals surface area contributed by atoms with Gasteiger partial charge in [-0.05, 0) is 48.9 Å². The fraction of sp³-hybridized carbons (Fsp3) is 0.200. The van der Waals surface area contributed by atoms with Crippen molar-refractivity contribution in [2.75, 3.05) is 19.5 Å². The topological polar surface area (TPSA) is 65.4 Å². The van der Waals surface area contributed by atoms with Gasteiger partial charge in [0.1, 0.15) is 17.3 Å². The molecule has 0 atom stereocenters. The van der Waals surface area contributed by atoms with Crippen molar-refractivity contribution in [3.05, 3.63) is 59.5 Å². The standard InChI is InChI=1S/C20H20FN3O3/c1-12-9-13(5-7-15(12)21)18-11-17(23-24(18)2)20(25)22-16-8-6-14(26-3)10-19(16)27-4/h5-11H,1-4H3,(H,22,25). The van der Waals surface area contributed by atoms with Gasteiger partial charge in [-0.2, -0.15) is 5.10 Å². The second-order valence-corrected chi connectivity index (χ2v) is 6.02. The minimum absolute atomic E-state index is 0.243. The zero-order valence-corrected chi connectivity index (χ0v) is 15.5. The van der Waals surface area contributed by atoms with Crippen LogP contribution in [0.3, 0.4) is 0 Å². The molecule has 3 aromatic rings. The van der Waals surface area contributed by atoms with Gasteiger partial charge in [-0.3, -0.25) is 9.48 Å². The Morgan fingerprint density at radius 3 is 2.56 bits per heavy atom.